The van der Waals surface area contributed by atoms with Gasteiger partial charge in [0.15, 0.2) is 0 Å². The zero-order valence-corrected chi connectivity index (χ0v) is 20.1. The minimum absolute atomic E-state index is 0.0506. The highest BCUT2D eigenvalue weighted by Crippen LogP contribution is 2.37. The molecule has 184 valence electrons. The van der Waals surface area contributed by atoms with E-state index in [0.29, 0.717) is 30.1 Å². The molecule has 3 atom stereocenters. The molecular weight excluding hydrogens is 440 g/mol. The Labute approximate surface area is 206 Å². The minimum atomic E-state index is -0.538. The number of benzene rings is 2. The van der Waals surface area contributed by atoms with E-state index in [-0.39, 0.29) is 24.7 Å². The lowest BCUT2D eigenvalue weighted by Gasteiger charge is -2.44. The summed E-state index contributed by atoms with van der Waals surface area (Å²) in [5.74, 6) is 0.316. The fourth-order valence-electron chi connectivity index (χ4n) is 5.55. The summed E-state index contributed by atoms with van der Waals surface area (Å²) in [4.78, 5) is 14.8. The van der Waals surface area contributed by atoms with Gasteiger partial charge in [-0.3, -0.25) is 4.90 Å². The maximum atomic E-state index is 12.3. The summed E-state index contributed by atoms with van der Waals surface area (Å²) in [6, 6.07) is 19.4. The van der Waals surface area contributed by atoms with Crippen LogP contribution in [0.15, 0.2) is 66.9 Å². The highest BCUT2D eigenvalue weighted by molar-refractivity contribution is 5.89. The van der Waals surface area contributed by atoms with Crippen LogP contribution in [0.25, 0.3) is 0 Å². The molecule has 1 saturated heterocycles. The second-order valence-electron chi connectivity index (χ2n) is 9.89. The fraction of sp³-hybridized carbons (Fsp3) is 0.464. The number of likely N-dealkylation sites (tertiary alicyclic amines) is 1. The Morgan fingerprint density at radius 1 is 1.00 bits per heavy atom. The van der Waals surface area contributed by atoms with E-state index < -0.39 is 6.10 Å². The first-order valence-corrected chi connectivity index (χ1v) is 12.8. The van der Waals surface area contributed by atoms with Gasteiger partial charge in [0.1, 0.15) is 12.3 Å². The SMILES string of the molecule is O=C(OCc1cn([C@H]2CN(CC3CCCCC3)[C@@H](c3ccccc3)C[C@@H]2O)nn1)c1ccccc1. The van der Waals surface area contributed by atoms with Gasteiger partial charge in [-0.2, -0.15) is 0 Å². The van der Waals surface area contributed by atoms with Gasteiger partial charge < -0.3 is 9.84 Å². The minimum Gasteiger partial charge on any atom is -0.455 e. The second-order valence-corrected chi connectivity index (χ2v) is 9.89. The molecule has 0 amide bonds. The van der Waals surface area contributed by atoms with Gasteiger partial charge in [-0.25, -0.2) is 9.48 Å². The summed E-state index contributed by atoms with van der Waals surface area (Å²) < 4.78 is 7.17. The summed E-state index contributed by atoms with van der Waals surface area (Å²) in [6.07, 6.45) is 8.45. The third kappa shape index (κ3) is 5.80. The van der Waals surface area contributed by atoms with Gasteiger partial charge in [-0.1, -0.05) is 73.0 Å². The first kappa shape index (κ1) is 23.7. The van der Waals surface area contributed by atoms with Gasteiger partial charge in [0.05, 0.1) is 23.9 Å². The zero-order chi connectivity index (χ0) is 24.0. The Kier molecular flexibility index (Phi) is 7.54. The highest BCUT2D eigenvalue weighted by atomic mass is 16.5. The van der Waals surface area contributed by atoms with Gasteiger partial charge >= 0.3 is 5.97 Å². The van der Waals surface area contributed by atoms with E-state index >= 15 is 0 Å². The average Bonchev–Trinajstić information content (AvgIpc) is 3.38. The highest BCUT2D eigenvalue weighted by Gasteiger charge is 2.38. The Morgan fingerprint density at radius 2 is 1.71 bits per heavy atom. The maximum Gasteiger partial charge on any atom is 0.338 e. The molecule has 2 heterocycles. The number of hydrogen-bond donors (Lipinski definition) is 1. The molecular formula is C28H34N4O3. The molecule has 1 aromatic heterocycles. The van der Waals surface area contributed by atoms with E-state index in [9.17, 15) is 9.90 Å². The van der Waals surface area contributed by atoms with Crippen molar-refractivity contribution in [2.24, 2.45) is 5.92 Å². The molecule has 5 rings (SSSR count). The standard InChI is InChI=1S/C28H34N4O3/c33-27-16-25(22-12-6-2-7-13-22)31(17-21-10-4-1-5-11-21)19-26(27)32-18-24(29-30-32)20-35-28(34)23-14-8-3-9-15-23/h2-3,6-9,12-15,18,21,25-27,33H,1,4-5,10-11,16-17,19-20H2/t25-,26+,27+/m1/s1. The van der Waals surface area contributed by atoms with Crippen LogP contribution in [0.3, 0.4) is 0 Å². The van der Waals surface area contributed by atoms with Crippen LogP contribution in [0.1, 0.15) is 72.2 Å². The predicted molar refractivity (Wildman–Crippen MR) is 133 cm³/mol. The lowest BCUT2D eigenvalue weighted by atomic mass is 9.85. The van der Waals surface area contributed by atoms with Crippen LogP contribution in [0, 0.1) is 5.92 Å². The predicted octanol–water partition coefficient (Wildman–Crippen LogP) is 4.56. The second kappa shape index (κ2) is 11.1. The van der Waals surface area contributed by atoms with Gasteiger partial charge in [-0.05, 0) is 42.9 Å². The Morgan fingerprint density at radius 3 is 2.46 bits per heavy atom. The Hall–Kier alpha value is -3.03. The van der Waals surface area contributed by atoms with Crippen molar-refractivity contribution in [2.45, 2.75) is 63.3 Å². The molecule has 3 aromatic rings. The number of nitrogens with zero attached hydrogens (tertiary/aromatic N) is 4. The first-order valence-electron chi connectivity index (χ1n) is 12.8. The van der Waals surface area contributed by atoms with Crippen molar-refractivity contribution < 1.29 is 14.6 Å². The topological polar surface area (TPSA) is 80.5 Å². The summed E-state index contributed by atoms with van der Waals surface area (Å²) in [7, 11) is 0. The van der Waals surface area contributed by atoms with Crippen molar-refractivity contribution in [3.05, 3.63) is 83.7 Å². The average molecular weight is 475 g/mol. The van der Waals surface area contributed by atoms with Crippen LogP contribution in [0.5, 0.6) is 0 Å². The quantitative estimate of drug-likeness (QED) is 0.506. The van der Waals surface area contributed by atoms with Crippen LogP contribution in [-0.4, -0.2) is 50.2 Å². The van der Waals surface area contributed by atoms with Crippen LogP contribution >= 0.6 is 0 Å². The normalized spacial score (nSPS) is 23.7. The monoisotopic (exact) mass is 474 g/mol. The van der Waals surface area contributed by atoms with Gasteiger partial charge in [0.2, 0.25) is 0 Å². The fourth-order valence-corrected chi connectivity index (χ4v) is 5.55. The number of carbonyl (C=O) groups is 1. The van der Waals surface area contributed by atoms with Crippen molar-refractivity contribution >= 4 is 5.97 Å². The summed E-state index contributed by atoms with van der Waals surface area (Å²) >= 11 is 0. The molecule has 2 aliphatic rings. The molecule has 1 saturated carbocycles. The lowest BCUT2D eigenvalue weighted by molar-refractivity contribution is -0.0154. The number of carbonyl (C=O) groups excluding carboxylic acids is 1. The van der Waals surface area contributed by atoms with Crippen molar-refractivity contribution in [1.29, 1.82) is 0 Å². The Bertz CT molecular complexity index is 1080. The van der Waals surface area contributed by atoms with Gasteiger partial charge in [-0.15, -0.1) is 5.10 Å². The van der Waals surface area contributed by atoms with Crippen LogP contribution in [-0.2, 0) is 11.3 Å². The van der Waals surface area contributed by atoms with Crippen LogP contribution in [0.4, 0.5) is 0 Å². The number of hydrogen-bond acceptors (Lipinski definition) is 6. The smallest absolute Gasteiger partial charge is 0.338 e. The van der Waals surface area contributed by atoms with E-state index in [4.69, 9.17) is 4.74 Å². The summed E-state index contributed by atoms with van der Waals surface area (Å²) in [5, 5.41) is 19.7. The third-order valence-corrected chi connectivity index (χ3v) is 7.43. The number of ether oxygens (including phenoxy) is 1. The van der Waals surface area contributed by atoms with E-state index in [1.165, 1.54) is 37.7 Å². The largest absolute Gasteiger partial charge is 0.455 e. The number of aromatic nitrogens is 3. The zero-order valence-electron chi connectivity index (χ0n) is 20.1. The molecule has 2 fully saturated rings. The molecule has 0 bridgehead atoms. The van der Waals surface area contributed by atoms with Crippen molar-refractivity contribution in [1.82, 2.24) is 19.9 Å². The van der Waals surface area contributed by atoms with Crippen molar-refractivity contribution in [3.8, 4) is 0 Å². The Balaban J connectivity index is 1.28. The first-order chi connectivity index (χ1) is 17.2. The molecule has 2 aromatic carbocycles. The van der Waals surface area contributed by atoms with Crippen molar-refractivity contribution in [3.63, 3.8) is 0 Å². The number of piperidine rings is 1. The molecule has 7 nitrogen and oxygen atoms in total. The molecule has 7 heteroatoms. The molecule has 0 unspecified atom stereocenters. The number of esters is 1. The van der Waals surface area contributed by atoms with E-state index in [0.717, 1.165) is 6.54 Å². The van der Waals surface area contributed by atoms with Crippen molar-refractivity contribution in [2.75, 3.05) is 13.1 Å². The number of rotatable bonds is 7. The summed E-state index contributed by atoms with van der Waals surface area (Å²) in [6.45, 7) is 1.80. The number of aliphatic hydroxyl groups excluding tert-OH is 1. The molecule has 0 radical (unpaired) electrons. The molecule has 35 heavy (non-hydrogen) atoms. The van der Waals surface area contributed by atoms with E-state index in [1.54, 1.807) is 35.1 Å². The number of aliphatic hydroxyl groups is 1. The van der Waals surface area contributed by atoms with E-state index in [2.05, 4.69) is 39.5 Å². The van der Waals surface area contributed by atoms with Gasteiger partial charge in [0, 0.05) is 19.1 Å². The molecule has 1 aliphatic carbocycles. The molecule has 0 spiro atoms. The summed E-state index contributed by atoms with van der Waals surface area (Å²) in [5.41, 5.74) is 2.34. The van der Waals surface area contributed by atoms with E-state index in [1.807, 2.05) is 12.1 Å². The molecule has 1 N–H and O–H groups in total. The maximum absolute atomic E-state index is 12.3. The third-order valence-electron chi connectivity index (χ3n) is 7.43. The van der Waals surface area contributed by atoms with Gasteiger partial charge in [0.25, 0.3) is 0 Å². The molecule has 1 aliphatic heterocycles. The lowest BCUT2D eigenvalue weighted by Crippen LogP contribution is -2.47. The van der Waals surface area contributed by atoms with Crippen LogP contribution in [0.2, 0.25) is 0 Å². The van der Waals surface area contributed by atoms with Crippen LogP contribution < -0.4 is 0 Å².